The summed E-state index contributed by atoms with van der Waals surface area (Å²) in [7, 11) is 1.78. The zero-order chi connectivity index (χ0) is 9.64. The van der Waals surface area contributed by atoms with Crippen molar-refractivity contribution in [3.63, 3.8) is 0 Å². The van der Waals surface area contributed by atoms with E-state index >= 15 is 0 Å². The van der Waals surface area contributed by atoms with Crippen molar-refractivity contribution < 1.29 is 4.79 Å². The zero-order valence-corrected chi connectivity index (χ0v) is 8.60. The number of aliphatic imine (C=N–C) groups is 1. The summed E-state index contributed by atoms with van der Waals surface area (Å²) < 4.78 is 0. The second-order valence-corrected chi connectivity index (χ2v) is 5.12. The highest BCUT2D eigenvalue weighted by Crippen LogP contribution is 2.40. The fourth-order valence-electron chi connectivity index (χ4n) is 1.92. The first-order valence-corrected chi connectivity index (χ1v) is 5.35. The van der Waals surface area contributed by atoms with E-state index in [2.05, 4.69) is 11.9 Å². The Morgan fingerprint density at radius 1 is 1.77 bits per heavy atom. The number of amidine groups is 1. The van der Waals surface area contributed by atoms with Gasteiger partial charge in [-0.25, -0.2) is 4.79 Å². The van der Waals surface area contributed by atoms with E-state index in [1.54, 1.807) is 11.9 Å². The van der Waals surface area contributed by atoms with Crippen LogP contribution in [0, 0.1) is 0 Å². The van der Waals surface area contributed by atoms with Crippen LogP contribution in [-0.2, 0) is 0 Å². The van der Waals surface area contributed by atoms with E-state index in [-0.39, 0.29) is 11.6 Å². The van der Waals surface area contributed by atoms with Crippen molar-refractivity contribution in [2.24, 2.45) is 10.7 Å². The normalized spacial score (nSPS) is 38.9. The minimum atomic E-state index is -0.277. The molecule has 2 aliphatic heterocycles. The van der Waals surface area contributed by atoms with Gasteiger partial charge in [-0.3, -0.25) is 0 Å². The van der Waals surface area contributed by atoms with E-state index < -0.39 is 0 Å². The number of carbonyl (C=O) groups is 1. The van der Waals surface area contributed by atoms with E-state index in [9.17, 15) is 4.79 Å². The highest BCUT2D eigenvalue weighted by molar-refractivity contribution is 8.00. The van der Waals surface area contributed by atoms with Gasteiger partial charge in [0.1, 0.15) is 11.4 Å². The third kappa shape index (κ3) is 1.06. The monoisotopic (exact) mass is 199 g/mol. The first-order chi connectivity index (χ1) is 6.06. The lowest BCUT2D eigenvalue weighted by molar-refractivity contribution is 0.197. The van der Waals surface area contributed by atoms with Gasteiger partial charge in [0, 0.05) is 18.1 Å². The molecule has 2 heterocycles. The van der Waals surface area contributed by atoms with E-state index in [1.807, 2.05) is 11.8 Å². The molecule has 0 aromatic heterocycles. The maximum absolute atomic E-state index is 11.3. The Kier molecular flexibility index (Phi) is 1.80. The molecule has 1 spiro atoms. The number of nitrogens with zero attached hydrogens (tertiary/aromatic N) is 2. The lowest BCUT2D eigenvalue weighted by Gasteiger charge is -2.30. The number of urea groups is 1. The second-order valence-electron chi connectivity index (χ2n) is 3.70. The minimum absolute atomic E-state index is 0.202. The van der Waals surface area contributed by atoms with Crippen LogP contribution in [0.25, 0.3) is 0 Å². The summed E-state index contributed by atoms with van der Waals surface area (Å²) in [4.78, 5) is 16.8. The van der Waals surface area contributed by atoms with E-state index in [1.165, 1.54) is 0 Å². The number of thioether (sulfide) groups is 1. The van der Waals surface area contributed by atoms with Gasteiger partial charge in [0.05, 0.1) is 0 Å². The maximum Gasteiger partial charge on any atom is 0.345 e. The molecule has 4 nitrogen and oxygen atoms in total. The molecule has 5 heteroatoms. The van der Waals surface area contributed by atoms with Crippen LogP contribution in [0.3, 0.4) is 0 Å². The molecule has 2 N–H and O–H groups in total. The van der Waals surface area contributed by atoms with Crippen LogP contribution in [0.15, 0.2) is 4.99 Å². The second kappa shape index (κ2) is 2.64. The van der Waals surface area contributed by atoms with Crippen LogP contribution in [0.1, 0.15) is 13.3 Å². The third-order valence-electron chi connectivity index (χ3n) is 2.85. The number of likely N-dealkylation sites (N-methyl/N-ethyl adjacent to an activating group) is 1. The van der Waals surface area contributed by atoms with Crippen molar-refractivity contribution in [3.05, 3.63) is 0 Å². The lowest BCUT2D eigenvalue weighted by Crippen LogP contribution is -2.52. The van der Waals surface area contributed by atoms with Gasteiger partial charge in [0.2, 0.25) is 0 Å². The van der Waals surface area contributed by atoms with Gasteiger partial charge in [-0.05, 0) is 6.42 Å². The van der Waals surface area contributed by atoms with Gasteiger partial charge in [-0.15, -0.1) is 0 Å². The Bertz CT molecular complexity index is 291. The minimum Gasteiger partial charge on any atom is -0.385 e. The summed E-state index contributed by atoms with van der Waals surface area (Å²) in [5.41, 5.74) is 5.52. The van der Waals surface area contributed by atoms with Crippen LogP contribution >= 0.6 is 11.8 Å². The lowest BCUT2D eigenvalue weighted by atomic mass is 9.94. The summed E-state index contributed by atoms with van der Waals surface area (Å²) >= 11 is 1.85. The molecule has 2 aliphatic rings. The highest BCUT2D eigenvalue weighted by atomic mass is 32.2. The molecule has 2 atom stereocenters. The van der Waals surface area contributed by atoms with Crippen LogP contribution in [0.2, 0.25) is 0 Å². The van der Waals surface area contributed by atoms with E-state index in [4.69, 9.17) is 5.73 Å². The van der Waals surface area contributed by atoms with Crippen LogP contribution in [0.5, 0.6) is 0 Å². The molecule has 0 saturated carbocycles. The first-order valence-electron chi connectivity index (χ1n) is 4.30. The quantitative estimate of drug-likeness (QED) is 0.624. The molecule has 0 aromatic carbocycles. The van der Waals surface area contributed by atoms with Crippen LogP contribution < -0.4 is 5.73 Å². The molecule has 2 rings (SSSR count). The predicted molar refractivity (Wildman–Crippen MR) is 54.0 cm³/mol. The standard InChI is InChI=1S/C8H13N3OS/c1-5-3-8(4-13-5)6(9)10-7(12)11(8)2/h5H,3-4H2,1-2H3,(H2,9,10,12). The van der Waals surface area contributed by atoms with Crippen LogP contribution in [-0.4, -0.2) is 40.4 Å². The Labute approximate surface area is 81.6 Å². The van der Waals surface area contributed by atoms with Crippen LogP contribution in [0.4, 0.5) is 4.79 Å². The van der Waals surface area contributed by atoms with Gasteiger partial charge in [0.25, 0.3) is 0 Å². The Balaban J connectivity index is 2.33. The summed E-state index contributed by atoms with van der Waals surface area (Å²) in [6.07, 6.45) is 0.926. The van der Waals surface area contributed by atoms with Crippen molar-refractivity contribution in [1.82, 2.24) is 4.90 Å². The topological polar surface area (TPSA) is 58.7 Å². The summed E-state index contributed by atoms with van der Waals surface area (Å²) in [5, 5.41) is 0.557. The number of amides is 2. The Hall–Kier alpha value is -0.710. The average Bonchev–Trinajstić information content (AvgIpc) is 2.54. The zero-order valence-electron chi connectivity index (χ0n) is 7.78. The van der Waals surface area contributed by atoms with Gasteiger partial charge in [-0.2, -0.15) is 16.8 Å². The van der Waals surface area contributed by atoms with Crippen molar-refractivity contribution >= 4 is 23.6 Å². The van der Waals surface area contributed by atoms with E-state index in [0.717, 1.165) is 12.2 Å². The largest absolute Gasteiger partial charge is 0.385 e. The van der Waals surface area contributed by atoms with Gasteiger partial charge < -0.3 is 10.6 Å². The molecule has 1 saturated heterocycles. The number of nitrogens with two attached hydrogens (primary N) is 1. The summed E-state index contributed by atoms with van der Waals surface area (Å²) in [5.74, 6) is 1.38. The van der Waals surface area contributed by atoms with Crippen molar-refractivity contribution in [2.75, 3.05) is 12.8 Å². The fraction of sp³-hybridized carbons (Fsp3) is 0.750. The third-order valence-corrected chi connectivity index (χ3v) is 4.23. The highest BCUT2D eigenvalue weighted by Gasteiger charge is 2.50. The molecule has 13 heavy (non-hydrogen) atoms. The predicted octanol–water partition coefficient (Wildman–Crippen LogP) is 0.673. The smallest absolute Gasteiger partial charge is 0.345 e. The molecule has 1 fully saturated rings. The molecular weight excluding hydrogens is 186 g/mol. The van der Waals surface area contributed by atoms with Crippen molar-refractivity contribution in [1.29, 1.82) is 0 Å². The van der Waals surface area contributed by atoms with E-state index in [0.29, 0.717) is 11.1 Å². The SMILES string of the molecule is CC1CC2(CS1)C(N)=NC(=O)N2C. The molecule has 0 aromatic rings. The van der Waals surface area contributed by atoms with Crippen molar-refractivity contribution in [3.8, 4) is 0 Å². The number of hydrogen-bond donors (Lipinski definition) is 1. The Morgan fingerprint density at radius 2 is 2.46 bits per heavy atom. The fourth-order valence-corrected chi connectivity index (χ4v) is 3.34. The van der Waals surface area contributed by atoms with Gasteiger partial charge in [-0.1, -0.05) is 6.92 Å². The number of carbonyl (C=O) groups excluding carboxylic acids is 1. The maximum atomic E-state index is 11.3. The van der Waals surface area contributed by atoms with Gasteiger partial charge in [0.15, 0.2) is 0 Å². The van der Waals surface area contributed by atoms with Gasteiger partial charge >= 0.3 is 6.03 Å². The number of hydrogen-bond acceptors (Lipinski definition) is 3. The molecule has 2 unspecified atom stereocenters. The molecule has 0 bridgehead atoms. The first kappa shape index (κ1) is 8.87. The number of rotatable bonds is 0. The summed E-state index contributed by atoms with van der Waals surface area (Å²) in [6.45, 7) is 2.16. The summed E-state index contributed by atoms with van der Waals surface area (Å²) in [6, 6.07) is -0.202. The Morgan fingerprint density at radius 3 is 2.85 bits per heavy atom. The molecule has 72 valence electrons. The molecule has 0 radical (unpaired) electrons. The average molecular weight is 199 g/mol. The molecular formula is C8H13N3OS. The molecule has 2 amide bonds. The molecule has 0 aliphatic carbocycles. The van der Waals surface area contributed by atoms with Crippen molar-refractivity contribution in [2.45, 2.75) is 24.1 Å².